The third-order valence-electron chi connectivity index (χ3n) is 16.4. The predicted molar refractivity (Wildman–Crippen MR) is 325 cm³/mol. The first-order chi connectivity index (χ1) is 38.2. The molecule has 0 N–H and O–H groups in total. The molecular weight excluding hydrogens is 970 g/mol. The third kappa shape index (κ3) is 6.67. The first kappa shape index (κ1) is 44.7. The Morgan fingerprint density at radius 1 is 0.436 bits per heavy atom. The van der Waals surface area contributed by atoms with E-state index >= 15 is 0 Å². The van der Waals surface area contributed by atoms with E-state index in [0.717, 1.165) is 117 Å². The molecule has 0 saturated heterocycles. The van der Waals surface area contributed by atoms with Gasteiger partial charge in [-0.1, -0.05) is 154 Å². The Bertz CT molecular complexity index is 4880. The number of nitriles is 1. The number of ether oxygens (including phenoxy) is 2. The standard InChI is InChI=1S/C71H46BN3O2S/c1-71(2,3)47-28-31-61-54(38-47)53-34-42(41-73)24-30-60(53)74(61)48-39-65-70-66(40-48)77-64-37-46(25-29-56(64)72(70)57-36-44(26-32-63(57)76-65)43-14-5-4-6-15-43)69-49(45-27-33-68-55(35-45)52-18-9-12-23-67(52)78-68)19-13-22-62(69)75-58-20-10-7-16-50(58)51-17-8-11-21-59(51)75/h4-40H,1-3H3. The summed E-state index contributed by atoms with van der Waals surface area (Å²) in [5.41, 5.74) is 18.0. The minimum Gasteiger partial charge on any atom is -0.458 e. The van der Waals surface area contributed by atoms with E-state index in [9.17, 15) is 5.26 Å². The van der Waals surface area contributed by atoms with Crippen LogP contribution in [0.4, 0.5) is 0 Å². The summed E-state index contributed by atoms with van der Waals surface area (Å²) in [6.45, 7) is 6.53. The summed E-state index contributed by atoms with van der Waals surface area (Å²) in [5, 5.41) is 17.2. The van der Waals surface area contributed by atoms with E-state index in [1.54, 1.807) is 0 Å². The summed E-state index contributed by atoms with van der Waals surface area (Å²) in [5.74, 6) is 3.11. The largest absolute Gasteiger partial charge is 0.458 e. The van der Waals surface area contributed by atoms with Crippen LogP contribution in [0.5, 0.6) is 23.0 Å². The minimum absolute atomic E-state index is 0.0701. The Morgan fingerprint density at radius 3 is 1.86 bits per heavy atom. The van der Waals surface area contributed by atoms with Crippen LogP contribution in [0.25, 0.3) is 109 Å². The van der Waals surface area contributed by atoms with Crippen molar-refractivity contribution >= 4 is 98.2 Å². The van der Waals surface area contributed by atoms with Gasteiger partial charge in [-0.25, -0.2) is 0 Å². The van der Waals surface area contributed by atoms with Gasteiger partial charge in [0.25, 0.3) is 6.71 Å². The fraction of sp³-hybridized carbons (Fsp3) is 0.0563. The molecule has 0 atom stereocenters. The van der Waals surface area contributed by atoms with Crippen molar-refractivity contribution < 1.29 is 9.47 Å². The molecule has 5 nitrogen and oxygen atoms in total. The Balaban J connectivity index is 0.946. The van der Waals surface area contributed by atoms with Crippen LogP contribution in [0.1, 0.15) is 31.9 Å². The highest BCUT2D eigenvalue weighted by molar-refractivity contribution is 7.25. The first-order valence-corrected chi connectivity index (χ1v) is 27.5. The number of nitrogens with zero attached hydrogens (tertiary/aromatic N) is 3. The van der Waals surface area contributed by atoms with Crippen molar-refractivity contribution in [3.05, 3.63) is 236 Å². The predicted octanol–water partition coefficient (Wildman–Crippen LogP) is 17.1. The molecule has 0 unspecified atom stereocenters. The van der Waals surface area contributed by atoms with Crippen LogP contribution in [-0.4, -0.2) is 15.8 Å². The molecule has 14 aromatic rings. The Hall–Kier alpha value is -9.61. The van der Waals surface area contributed by atoms with Gasteiger partial charge >= 0.3 is 0 Å². The lowest BCUT2D eigenvalue weighted by atomic mass is 9.34. The average Bonchev–Trinajstić information content (AvgIpc) is 4.24. The normalized spacial score (nSPS) is 12.7. The minimum atomic E-state index is -0.193. The zero-order valence-electron chi connectivity index (χ0n) is 43.0. The molecule has 16 rings (SSSR count). The molecule has 0 radical (unpaired) electrons. The molecule has 5 heterocycles. The van der Waals surface area contributed by atoms with E-state index in [1.807, 2.05) is 23.5 Å². The summed E-state index contributed by atoms with van der Waals surface area (Å²) in [7, 11) is 0. The summed E-state index contributed by atoms with van der Waals surface area (Å²) in [6.07, 6.45) is 0. The van der Waals surface area contributed by atoms with Crippen LogP contribution in [0.15, 0.2) is 224 Å². The molecule has 11 aromatic carbocycles. The van der Waals surface area contributed by atoms with E-state index in [4.69, 9.17) is 9.47 Å². The Labute approximate surface area is 455 Å². The fourth-order valence-electron chi connectivity index (χ4n) is 12.8. The molecule has 7 heteroatoms. The number of fused-ring (bicyclic) bond motifs is 13. The van der Waals surface area contributed by atoms with Crippen LogP contribution in [0.2, 0.25) is 0 Å². The summed E-state index contributed by atoms with van der Waals surface area (Å²) >= 11 is 1.84. The number of benzene rings is 11. The van der Waals surface area contributed by atoms with Crippen molar-refractivity contribution in [3.63, 3.8) is 0 Å². The second kappa shape index (κ2) is 16.7. The third-order valence-corrected chi connectivity index (χ3v) is 17.6. The Kier molecular flexibility index (Phi) is 9.56. The van der Waals surface area contributed by atoms with E-state index in [2.05, 4.69) is 248 Å². The summed E-state index contributed by atoms with van der Waals surface area (Å²) in [4.78, 5) is 0. The van der Waals surface area contributed by atoms with Gasteiger partial charge in [-0.2, -0.15) is 5.26 Å². The van der Waals surface area contributed by atoms with E-state index in [1.165, 1.54) is 36.5 Å². The molecule has 0 amide bonds. The highest BCUT2D eigenvalue weighted by atomic mass is 32.1. The fourth-order valence-corrected chi connectivity index (χ4v) is 13.8. The molecule has 2 aliphatic heterocycles. The number of hydrogen-bond acceptors (Lipinski definition) is 4. The summed E-state index contributed by atoms with van der Waals surface area (Å²) in [6, 6.07) is 83.7. The monoisotopic (exact) mass is 1020 g/mol. The molecule has 0 spiro atoms. The second-order valence-corrected chi connectivity index (χ2v) is 23.0. The van der Waals surface area contributed by atoms with E-state index < -0.39 is 0 Å². The topological polar surface area (TPSA) is 52.1 Å². The molecule has 2 aliphatic rings. The van der Waals surface area contributed by atoms with Crippen molar-refractivity contribution in [3.8, 4) is 73.8 Å². The van der Waals surface area contributed by atoms with Crippen LogP contribution in [0.3, 0.4) is 0 Å². The van der Waals surface area contributed by atoms with Gasteiger partial charge in [0, 0.05) is 64.9 Å². The van der Waals surface area contributed by atoms with Crippen LogP contribution in [0, 0.1) is 11.3 Å². The highest BCUT2D eigenvalue weighted by Gasteiger charge is 2.41. The maximum atomic E-state index is 10.1. The molecule has 0 fully saturated rings. The quantitative estimate of drug-likeness (QED) is 0.161. The van der Waals surface area contributed by atoms with E-state index in [0.29, 0.717) is 5.56 Å². The molecule has 78 heavy (non-hydrogen) atoms. The zero-order chi connectivity index (χ0) is 52.0. The smallest absolute Gasteiger partial charge is 0.260 e. The highest BCUT2D eigenvalue weighted by Crippen LogP contribution is 2.46. The van der Waals surface area contributed by atoms with Gasteiger partial charge < -0.3 is 18.6 Å². The van der Waals surface area contributed by atoms with Crippen molar-refractivity contribution in [2.75, 3.05) is 0 Å². The van der Waals surface area contributed by atoms with Crippen molar-refractivity contribution in [2.45, 2.75) is 26.2 Å². The maximum absolute atomic E-state index is 10.1. The number of rotatable bonds is 5. The number of hydrogen-bond donors (Lipinski definition) is 0. The number of thiophene rings is 1. The molecular formula is C71H46BN3O2S. The maximum Gasteiger partial charge on any atom is 0.260 e. The number of aromatic nitrogens is 2. The number of para-hydroxylation sites is 2. The van der Waals surface area contributed by atoms with Crippen molar-refractivity contribution in [1.29, 1.82) is 5.26 Å². The van der Waals surface area contributed by atoms with Gasteiger partial charge in [0.2, 0.25) is 0 Å². The summed E-state index contributed by atoms with van der Waals surface area (Å²) < 4.78 is 21.9. The van der Waals surface area contributed by atoms with Gasteiger partial charge in [-0.3, -0.25) is 0 Å². The van der Waals surface area contributed by atoms with Crippen LogP contribution >= 0.6 is 11.3 Å². The van der Waals surface area contributed by atoms with Gasteiger partial charge in [-0.15, -0.1) is 11.3 Å². The van der Waals surface area contributed by atoms with Gasteiger partial charge in [0.05, 0.1) is 45.1 Å². The lowest BCUT2D eigenvalue weighted by Gasteiger charge is -2.34. The Morgan fingerprint density at radius 2 is 1.09 bits per heavy atom. The van der Waals surface area contributed by atoms with Gasteiger partial charge in [0.1, 0.15) is 23.0 Å². The van der Waals surface area contributed by atoms with Crippen molar-refractivity contribution in [1.82, 2.24) is 9.13 Å². The average molecular weight is 1020 g/mol. The molecule has 3 aromatic heterocycles. The first-order valence-electron chi connectivity index (χ1n) is 26.6. The van der Waals surface area contributed by atoms with Gasteiger partial charge in [-0.05, 0) is 129 Å². The van der Waals surface area contributed by atoms with Crippen LogP contribution in [-0.2, 0) is 5.41 Å². The lowest BCUT2D eigenvalue weighted by molar-refractivity contribution is 0.464. The van der Waals surface area contributed by atoms with Gasteiger partial charge in [0.15, 0.2) is 0 Å². The van der Waals surface area contributed by atoms with E-state index in [-0.39, 0.29) is 12.1 Å². The molecule has 0 bridgehead atoms. The van der Waals surface area contributed by atoms with Crippen molar-refractivity contribution in [2.24, 2.45) is 0 Å². The second-order valence-electron chi connectivity index (χ2n) is 21.9. The molecule has 0 saturated carbocycles. The molecule has 0 aliphatic carbocycles. The van der Waals surface area contributed by atoms with Crippen LogP contribution < -0.4 is 25.9 Å². The SMILES string of the molecule is CC(C)(C)c1ccc2c(c1)c1cc(C#N)ccc1n2-c1cc2c3c(c1)Oc1ccc(-c4ccccc4)cc1B3c1ccc(-c3c(-c4ccc5sc6ccccc6c5c4)cccc3-n3c4ccccc4c4ccccc43)cc1O2. The lowest BCUT2D eigenvalue weighted by Crippen LogP contribution is -2.57. The zero-order valence-corrected chi connectivity index (χ0v) is 43.8. The molecule has 366 valence electrons.